The van der Waals surface area contributed by atoms with Crippen molar-refractivity contribution in [2.75, 3.05) is 5.75 Å². The van der Waals surface area contributed by atoms with E-state index in [1.807, 2.05) is 24.3 Å². The maximum atomic E-state index is 13.0. The third-order valence-corrected chi connectivity index (χ3v) is 6.48. The highest BCUT2D eigenvalue weighted by molar-refractivity contribution is 7.99. The molecule has 0 aliphatic heterocycles. The number of carbonyl (C=O) groups excluding carboxylic acids is 1. The van der Waals surface area contributed by atoms with Gasteiger partial charge >= 0.3 is 0 Å². The van der Waals surface area contributed by atoms with Crippen molar-refractivity contribution in [1.29, 1.82) is 0 Å². The molecule has 3 rings (SSSR count). The molecule has 0 radical (unpaired) electrons. The summed E-state index contributed by atoms with van der Waals surface area (Å²) in [6.07, 6.45) is 5.99. The van der Waals surface area contributed by atoms with Crippen molar-refractivity contribution in [2.24, 2.45) is 0 Å². The molecule has 0 spiro atoms. The third-order valence-electron chi connectivity index (χ3n) is 5.27. The predicted molar refractivity (Wildman–Crippen MR) is 116 cm³/mol. The van der Waals surface area contributed by atoms with Gasteiger partial charge in [-0.15, -0.1) is 10.2 Å². The zero-order chi connectivity index (χ0) is 20.1. The number of rotatable bonds is 7. The van der Waals surface area contributed by atoms with Crippen molar-refractivity contribution in [3.05, 3.63) is 29.3 Å². The van der Waals surface area contributed by atoms with E-state index in [1.165, 1.54) is 31.0 Å². The van der Waals surface area contributed by atoms with E-state index in [4.69, 9.17) is 11.6 Å². The van der Waals surface area contributed by atoms with E-state index in [-0.39, 0.29) is 11.9 Å². The second-order valence-electron chi connectivity index (χ2n) is 7.53. The summed E-state index contributed by atoms with van der Waals surface area (Å²) in [6, 6.07) is 8.21. The fourth-order valence-corrected chi connectivity index (χ4v) is 4.96. The van der Waals surface area contributed by atoms with Crippen molar-refractivity contribution in [2.45, 2.75) is 76.7 Å². The summed E-state index contributed by atoms with van der Waals surface area (Å²) in [6.45, 7) is 7.05. The Bertz CT molecular complexity index is 784. The van der Waals surface area contributed by atoms with Crippen LogP contribution in [0.2, 0.25) is 5.02 Å². The Balaban J connectivity index is 1.71. The summed E-state index contributed by atoms with van der Waals surface area (Å²) < 4.78 is 2.06. The Morgan fingerprint density at radius 2 is 1.89 bits per heavy atom. The van der Waals surface area contributed by atoms with Gasteiger partial charge in [-0.25, -0.2) is 0 Å². The van der Waals surface area contributed by atoms with Crippen LogP contribution in [0.3, 0.4) is 0 Å². The second-order valence-corrected chi connectivity index (χ2v) is 8.91. The average molecular weight is 421 g/mol. The van der Waals surface area contributed by atoms with Gasteiger partial charge in [-0.1, -0.05) is 42.6 Å². The molecule has 1 amide bonds. The lowest BCUT2D eigenvalue weighted by Gasteiger charge is -2.37. The molecule has 28 heavy (non-hydrogen) atoms. The molecule has 1 aromatic heterocycles. The lowest BCUT2D eigenvalue weighted by atomic mass is 9.93. The molecule has 0 N–H and O–H groups in total. The van der Waals surface area contributed by atoms with Gasteiger partial charge in [0.2, 0.25) is 5.91 Å². The average Bonchev–Trinajstić information content (AvgIpc) is 3.10. The summed E-state index contributed by atoms with van der Waals surface area (Å²) in [5, 5.41) is 10.2. The molecule has 0 atom stereocenters. The highest BCUT2D eigenvalue weighted by atomic mass is 35.5. The van der Waals surface area contributed by atoms with E-state index in [1.54, 1.807) is 0 Å². The maximum Gasteiger partial charge on any atom is 0.233 e. The number of benzene rings is 1. The van der Waals surface area contributed by atoms with E-state index >= 15 is 0 Å². The fourth-order valence-electron chi connectivity index (χ4n) is 3.97. The molecule has 1 aliphatic rings. The van der Waals surface area contributed by atoms with E-state index < -0.39 is 0 Å². The molecule has 0 saturated heterocycles. The number of hydrogen-bond donors (Lipinski definition) is 0. The highest BCUT2D eigenvalue weighted by Crippen LogP contribution is 2.28. The molecule has 0 bridgehead atoms. The minimum Gasteiger partial charge on any atom is -0.337 e. The van der Waals surface area contributed by atoms with E-state index in [0.717, 1.165) is 35.9 Å². The number of thioether (sulfide) groups is 1. The first-order chi connectivity index (χ1) is 13.5. The molecule has 1 aromatic carbocycles. The van der Waals surface area contributed by atoms with E-state index in [0.29, 0.717) is 16.8 Å². The number of aromatic nitrogens is 3. The summed E-state index contributed by atoms with van der Waals surface area (Å²) in [5.41, 5.74) is 0.975. The lowest BCUT2D eigenvalue weighted by Crippen LogP contribution is -2.46. The van der Waals surface area contributed by atoms with Gasteiger partial charge in [0.15, 0.2) is 11.0 Å². The standard InChI is InChI=1S/C21H29ClN4OS/c1-4-25-20(16-10-12-17(22)13-11-16)23-24-21(25)28-14-19(27)26(15(2)3)18-8-6-5-7-9-18/h10-13,15,18H,4-9,14H2,1-3H3. The van der Waals surface area contributed by atoms with Crippen LogP contribution in [0.15, 0.2) is 29.4 Å². The van der Waals surface area contributed by atoms with Crippen LogP contribution in [0.5, 0.6) is 0 Å². The Morgan fingerprint density at radius 1 is 1.21 bits per heavy atom. The minimum atomic E-state index is 0.200. The van der Waals surface area contributed by atoms with Crippen molar-refractivity contribution < 1.29 is 4.79 Å². The van der Waals surface area contributed by atoms with Crippen LogP contribution in [-0.4, -0.2) is 43.4 Å². The first-order valence-corrected chi connectivity index (χ1v) is 11.5. The Kier molecular flexibility index (Phi) is 7.41. The minimum absolute atomic E-state index is 0.200. The van der Waals surface area contributed by atoms with E-state index in [2.05, 4.69) is 40.4 Å². The monoisotopic (exact) mass is 420 g/mol. The predicted octanol–water partition coefficient (Wildman–Crippen LogP) is 5.28. The number of hydrogen-bond acceptors (Lipinski definition) is 4. The summed E-state index contributed by atoms with van der Waals surface area (Å²) in [4.78, 5) is 15.1. The Hall–Kier alpha value is -1.53. The fraction of sp³-hybridized carbons (Fsp3) is 0.571. The number of amides is 1. The van der Waals surface area contributed by atoms with Crippen LogP contribution in [-0.2, 0) is 11.3 Å². The molecular weight excluding hydrogens is 392 g/mol. The number of nitrogens with zero attached hydrogens (tertiary/aromatic N) is 4. The molecular formula is C21H29ClN4OS. The van der Waals surface area contributed by atoms with Crippen LogP contribution < -0.4 is 0 Å². The van der Waals surface area contributed by atoms with Gasteiger partial charge in [0.05, 0.1) is 5.75 Å². The van der Waals surface area contributed by atoms with Gasteiger partial charge in [-0.05, 0) is 57.9 Å². The summed E-state index contributed by atoms with van der Waals surface area (Å²) in [7, 11) is 0. The van der Waals surface area contributed by atoms with Crippen LogP contribution >= 0.6 is 23.4 Å². The summed E-state index contributed by atoms with van der Waals surface area (Å²) in [5.74, 6) is 1.40. The zero-order valence-electron chi connectivity index (χ0n) is 16.9. The molecule has 152 valence electrons. The molecule has 2 aromatic rings. The number of carbonyl (C=O) groups is 1. The molecule has 0 unspecified atom stereocenters. The quantitative estimate of drug-likeness (QED) is 0.571. The maximum absolute atomic E-state index is 13.0. The van der Waals surface area contributed by atoms with Gasteiger partial charge in [0, 0.05) is 29.2 Å². The SMILES string of the molecule is CCn1c(SCC(=O)N(C(C)C)C2CCCCC2)nnc1-c1ccc(Cl)cc1. The van der Waals surface area contributed by atoms with Crippen molar-refractivity contribution in [1.82, 2.24) is 19.7 Å². The van der Waals surface area contributed by atoms with Crippen LogP contribution in [0.4, 0.5) is 0 Å². The Morgan fingerprint density at radius 3 is 2.50 bits per heavy atom. The van der Waals surface area contributed by atoms with Gasteiger partial charge in [-0.2, -0.15) is 0 Å². The van der Waals surface area contributed by atoms with E-state index in [9.17, 15) is 4.79 Å². The van der Waals surface area contributed by atoms with Crippen molar-refractivity contribution in [3.63, 3.8) is 0 Å². The normalized spacial score (nSPS) is 15.2. The first-order valence-electron chi connectivity index (χ1n) is 10.1. The molecule has 1 heterocycles. The summed E-state index contributed by atoms with van der Waals surface area (Å²) >= 11 is 7.47. The van der Waals surface area contributed by atoms with Gasteiger partial charge < -0.3 is 9.47 Å². The Labute approximate surface area is 176 Å². The molecule has 1 fully saturated rings. The van der Waals surface area contributed by atoms with Gasteiger partial charge in [0.1, 0.15) is 0 Å². The third kappa shape index (κ3) is 4.90. The van der Waals surface area contributed by atoms with Gasteiger partial charge in [-0.3, -0.25) is 4.79 Å². The molecule has 7 heteroatoms. The smallest absolute Gasteiger partial charge is 0.233 e. The second kappa shape index (κ2) is 9.79. The number of halogens is 1. The van der Waals surface area contributed by atoms with Crippen LogP contribution in [0.25, 0.3) is 11.4 Å². The molecule has 1 aliphatic carbocycles. The van der Waals surface area contributed by atoms with Crippen molar-refractivity contribution in [3.8, 4) is 11.4 Å². The van der Waals surface area contributed by atoms with Crippen molar-refractivity contribution >= 4 is 29.3 Å². The first kappa shape index (κ1) is 21.2. The lowest BCUT2D eigenvalue weighted by molar-refractivity contribution is -0.133. The van der Waals surface area contributed by atoms with Crippen LogP contribution in [0, 0.1) is 0 Å². The zero-order valence-corrected chi connectivity index (χ0v) is 18.5. The van der Waals surface area contributed by atoms with Crippen LogP contribution in [0.1, 0.15) is 52.9 Å². The molecule has 1 saturated carbocycles. The topological polar surface area (TPSA) is 51.0 Å². The van der Waals surface area contributed by atoms with Gasteiger partial charge in [0.25, 0.3) is 0 Å². The molecule has 5 nitrogen and oxygen atoms in total. The highest BCUT2D eigenvalue weighted by Gasteiger charge is 2.28. The largest absolute Gasteiger partial charge is 0.337 e.